The first kappa shape index (κ1) is 21.7. The van der Waals surface area contributed by atoms with Crippen LogP contribution in [0.3, 0.4) is 0 Å². The van der Waals surface area contributed by atoms with Crippen LogP contribution in [0.5, 0.6) is 0 Å². The van der Waals surface area contributed by atoms with Gasteiger partial charge in [-0.25, -0.2) is 4.79 Å². The number of carbonyl (C=O) groups excluding carboxylic acids is 1. The first-order valence-corrected chi connectivity index (χ1v) is 8.49. The van der Waals surface area contributed by atoms with Gasteiger partial charge in [0.15, 0.2) is 0 Å². The molecule has 0 atom stereocenters. The van der Waals surface area contributed by atoms with Crippen molar-refractivity contribution in [2.75, 3.05) is 0 Å². The van der Waals surface area contributed by atoms with Gasteiger partial charge in [0, 0.05) is 30.1 Å². The van der Waals surface area contributed by atoms with E-state index in [1.54, 1.807) is 6.07 Å². The predicted octanol–water partition coefficient (Wildman–Crippen LogP) is 0.452. The second-order valence-corrected chi connectivity index (χ2v) is 6.40. The third-order valence-electron chi connectivity index (χ3n) is 4.65. The van der Waals surface area contributed by atoms with Crippen molar-refractivity contribution in [3.63, 3.8) is 0 Å². The maximum atomic E-state index is 11.4. The molecule has 5 nitrogen and oxygen atoms in total. The molecule has 0 unspecified atom stereocenters. The molecule has 1 aromatic heterocycles. The van der Waals surface area contributed by atoms with Gasteiger partial charge >= 0.3 is 35.5 Å². The molecule has 0 aliphatic carbocycles. The number of aromatic carboxylic acids is 1. The zero-order valence-corrected chi connectivity index (χ0v) is 17.7. The monoisotopic (exact) mass is 354 g/mol. The number of primary amides is 1. The third kappa shape index (κ3) is 4.87. The Morgan fingerprint density at radius 1 is 1.24 bits per heavy atom. The Morgan fingerprint density at radius 3 is 2.48 bits per heavy atom. The molecule has 0 radical (unpaired) electrons. The van der Waals surface area contributed by atoms with Gasteiger partial charge in [0.05, 0.1) is 5.56 Å². The summed E-state index contributed by atoms with van der Waals surface area (Å²) < 4.78 is 2.08. The van der Waals surface area contributed by atoms with Crippen LogP contribution in [0.2, 0.25) is 0 Å². The van der Waals surface area contributed by atoms with Crippen LogP contribution in [0.15, 0.2) is 12.1 Å². The van der Waals surface area contributed by atoms with E-state index >= 15 is 0 Å². The number of aromatic nitrogens is 1. The van der Waals surface area contributed by atoms with Gasteiger partial charge in [-0.1, -0.05) is 19.8 Å². The fourth-order valence-corrected chi connectivity index (χ4v) is 3.34. The molecule has 132 valence electrons. The normalized spacial score (nSPS) is 10.7. The first-order valence-electron chi connectivity index (χ1n) is 8.49. The third-order valence-corrected chi connectivity index (χ3v) is 4.65. The number of unbranched alkanes of at least 4 members (excludes halogenated alkanes) is 2. The minimum Gasteiger partial charge on any atom is -1.00 e. The van der Waals surface area contributed by atoms with Crippen LogP contribution >= 0.6 is 0 Å². The molecule has 1 aromatic carbocycles. The Morgan fingerprint density at radius 2 is 1.92 bits per heavy atom. The van der Waals surface area contributed by atoms with Crippen molar-refractivity contribution < 1.29 is 45.7 Å². The molecule has 0 fully saturated rings. The van der Waals surface area contributed by atoms with Crippen LogP contribution in [0.4, 0.5) is 0 Å². The van der Waals surface area contributed by atoms with Crippen LogP contribution in [0.25, 0.3) is 10.9 Å². The van der Waals surface area contributed by atoms with Crippen molar-refractivity contribution >= 4 is 22.8 Å². The standard InChI is InChI=1S/C19H26N2O3.Na.H/c1-4-5-6-7-16-13(8-9-18(20)22)15-10-12(2)14(19(23)24)11-17(15)21(16)3;;/h10-11H,4-9H2,1-3H3,(H2,20,22)(H,23,24);;/q;+1;-1. The van der Waals surface area contributed by atoms with E-state index in [9.17, 15) is 14.7 Å². The molecule has 3 N–H and O–H groups in total. The van der Waals surface area contributed by atoms with E-state index < -0.39 is 5.97 Å². The van der Waals surface area contributed by atoms with E-state index in [1.165, 1.54) is 5.69 Å². The van der Waals surface area contributed by atoms with Gasteiger partial charge in [0.25, 0.3) is 0 Å². The average Bonchev–Trinajstić information content (AvgIpc) is 2.76. The van der Waals surface area contributed by atoms with Crippen molar-refractivity contribution in [1.29, 1.82) is 0 Å². The van der Waals surface area contributed by atoms with Crippen molar-refractivity contribution in [3.05, 3.63) is 34.5 Å². The summed E-state index contributed by atoms with van der Waals surface area (Å²) >= 11 is 0. The Balaban J connectivity index is 0.00000312. The van der Waals surface area contributed by atoms with Gasteiger partial charge in [-0.15, -0.1) is 0 Å². The summed E-state index contributed by atoms with van der Waals surface area (Å²) in [6.07, 6.45) is 5.20. The van der Waals surface area contributed by atoms with E-state index in [-0.39, 0.29) is 36.9 Å². The summed E-state index contributed by atoms with van der Waals surface area (Å²) in [6.45, 7) is 3.97. The van der Waals surface area contributed by atoms with E-state index in [1.807, 2.05) is 20.0 Å². The van der Waals surface area contributed by atoms with Gasteiger partial charge in [-0.3, -0.25) is 4.79 Å². The van der Waals surface area contributed by atoms with Crippen molar-refractivity contribution in [3.8, 4) is 0 Å². The number of rotatable bonds is 8. The fraction of sp³-hybridized carbons (Fsp3) is 0.474. The first-order chi connectivity index (χ1) is 11.4. The molecule has 1 amide bonds. The number of benzene rings is 1. The number of aryl methyl sites for hydroxylation is 3. The van der Waals surface area contributed by atoms with E-state index in [0.29, 0.717) is 18.4 Å². The molecule has 0 spiro atoms. The van der Waals surface area contributed by atoms with Crippen molar-refractivity contribution in [1.82, 2.24) is 4.57 Å². The number of hydrogen-bond acceptors (Lipinski definition) is 2. The largest absolute Gasteiger partial charge is 1.00 e. The average molecular weight is 354 g/mol. The molecule has 0 bridgehead atoms. The van der Waals surface area contributed by atoms with E-state index in [4.69, 9.17) is 5.73 Å². The number of carboxylic acid groups (broad SMARTS) is 1. The minimum atomic E-state index is -0.915. The molecule has 2 aromatic rings. The molecular weight excluding hydrogens is 327 g/mol. The number of nitrogens with two attached hydrogens (primary N) is 1. The number of carboxylic acids is 1. The van der Waals surface area contributed by atoms with Crippen molar-refractivity contribution in [2.45, 2.75) is 52.4 Å². The number of amides is 1. The van der Waals surface area contributed by atoms with Gasteiger partial charge in [0.1, 0.15) is 0 Å². The van der Waals surface area contributed by atoms with Gasteiger partial charge in [0.2, 0.25) is 5.91 Å². The van der Waals surface area contributed by atoms with Gasteiger partial charge in [-0.2, -0.15) is 0 Å². The zero-order valence-electron chi connectivity index (χ0n) is 16.7. The van der Waals surface area contributed by atoms with Crippen molar-refractivity contribution in [2.24, 2.45) is 12.8 Å². The molecule has 0 aliphatic rings. The smallest absolute Gasteiger partial charge is 1.00 e. The molecule has 0 aliphatic heterocycles. The van der Waals surface area contributed by atoms with Crippen LogP contribution in [0, 0.1) is 6.92 Å². The molecule has 0 saturated carbocycles. The SMILES string of the molecule is CCCCCc1c(CCC(N)=O)c2cc(C)c(C(=O)O)cc2n1C.[H-].[Na+]. The number of hydrogen-bond donors (Lipinski definition) is 2. The summed E-state index contributed by atoms with van der Waals surface area (Å²) in [5, 5.41) is 10.4. The fourth-order valence-electron chi connectivity index (χ4n) is 3.34. The topological polar surface area (TPSA) is 85.3 Å². The summed E-state index contributed by atoms with van der Waals surface area (Å²) in [6, 6.07) is 3.67. The Kier molecular flexibility index (Phi) is 8.19. The molecule has 1 heterocycles. The van der Waals surface area contributed by atoms with Crippen LogP contribution in [0.1, 0.15) is 61.2 Å². The molecule has 2 rings (SSSR count). The Bertz CT molecular complexity index is 787. The summed E-state index contributed by atoms with van der Waals surface area (Å²) in [4.78, 5) is 22.7. The quantitative estimate of drug-likeness (QED) is 0.533. The molecule has 25 heavy (non-hydrogen) atoms. The molecular formula is C19H27N2NaO3. The Labute approximate surface area is 172 Å². The van der Waals surface area contributed by atoms with Gasteiger partial charge in [-0.05, 0) is 49.4 Å². The van der Waals surface area contributed by atoms with Crippen LogP contribution in [-0.4, -0.2) is 21.6 Å². The summed E-state index contributed by atoms with van der Waals surface area (Å²) in [5.74, 6) is -1.23. The molecule has 0 saturated heterocycles. The van der Waals surface area contributed by atoms with Crippen LogP contribution in [-0.2, 0) is 24.7 Å². The predicted molar refractivity (Wildman–Crippen MR) is 96.5 cm³/mol. The second-order valence-electron chi connectivity index (χ2n) is 6.40. The van der Waals surface area contributed by atoms with E-state index in [2.05, 4.69) is 11.5 Å². The van der Waals surface area contributed by atoms with E-state index in [0.717, 1.165) is 47.7 Å². The molecule has 6 heteroatoms. The summed E-state index contributed by atoms with van der Waals surface area (Å²) in [5.41, 5.74) is 9.61. The minimum absolute atomic E-state index is 0. The zero-order chi connectivity index (χ0) is 17.9. The Hall–Kier alpha value is -1.30. The maximum Gasteiger partial charge on any atom is 1.00 e. The summed E-state index contributed by atoms with van der Waals surface area (Å²) in [7, 11) is 1.97. The van der Waals surface area contributed by atoms with Crippen LogP contribution < -0.4 is 35.3 Å². The number of nitrogens with zero attached hydrogens (tertiary/aromatic N) is 1. The van der Waals surface area contributed by atoms with Gasteiger partial charge < -0.3 is 16.8 Å². The maximum absolute atomic E-state index is 11.4. The second kappa shape index (κ2) is 9.41. The number of fused-ring (bicyclic) bond motifs is 1. The number of carbonyl (C=O) groups is 2.